The van der Waals surface area contributed by atoms with Crippen molar-refractivity contribution in [2.45, 2.75) is 105 Å². The van der Waals surface area contributed by atoms with Crippen molar-refractivity contribution in [3.8, 4) is 22.9 Å². The molecule has 5 nitrogen and oxygen atoms in total. The second-order valence-corrected chi connectivity index (χ2v) is 27.7. The Kier molecular flexibility index (Phi) is 9.94. The average molecular weight is 1050 g/mol. The zero-order valence-electron chi connectivity index (χ0n) is 47.3. The van der Waals surface area contributed by atoms with Crippen molar-refractivity contribution >= 4 is 126 Å². The molecule has 0 N–H and O–H groups in total. The molecular weight excluding hydrogens is 982 g/mol. The molecule has 2 aliphatic heterocycles. The van der Waals surface area contributed by atoms with Crippen LogP contribution in [0.1, 0.15) is 105 Å². The van der Waals surface area contributed by atoms with Crippen LogP contribution in [0.15, 0.2) is 174 Å². The van der Waals surface area contributed by atoms with Crippen molar-refractivity contribution in [1.82, 2.24) is 9.13 Å². The van der Waals surface area contributed by atoms with E-state index in [0.717, 1.165) is 89.2 Å². The Hall–Kier alpha value is -8.00. The number of fused-ring (bicyclic) bond motifs is 15. The summed E-state index contributed by atoms with van der Waals surface area (Å²) in [5.41, 5.74) is 18.9. The molecule has 388 valence electrons. The maximum Gasteiger partial charge on any atom is 0.269 e. The number of hydrogen-bond donors (Lipinski definition) is 0. The molecule has 0 bridgehead atoms. The molecule has 0 aliphatic carbocycles. The Morgan fingerprint density at radius 2 is 0.937 bits per heavy atom. The van der Waals surface area contributed by atoms with E-state index in [-0.39, 0.29) is 28.4 Å². The normalized spacial score (nSPS) is 13.9. The third-order valence-electron chi connectivity index (χ3n) is 17.4. The van der Waals surface area contributed by atoms with Gasteiger partial charge in [-0.2, -0.15) is 0 Å². The lowest BCUT2D eigenvalue weighted by Gasteiger charge is -2.39. The molecule has 9 aromatic carbocycles. The van der Waals surface area contributed by atoms with Crippen LogP contribution >= 0.6 is 11.3 Å². The van der Waals surface area contributed by atoms with Crippen LogP contribution < -0.4 is 25.3 Å². The van der Waals surface area contributed by atoms with Gasteiger partial charge >= 0.3 is 0 Å². The van der Waals surface area contributed by atoms with Crippen LogP contribution in [0.5, 0.6) is 11.5 Å². The standard InChI is InChI=1S/C72H64BN3O2S/c1-69(2,3)41-25-30-45(31-26-41)75-59-38-46(74-55-22-16-13-19-47(55)48-20-14-17-23-56(48)74)39-61-63(59)73(68-64(75)53-37-44(72(10,11)12)29-34-62(53)79-68)54-40-52-49-21-15-18-24-60(49)77-66(52)65(67(54)78-61)76-57-32-27-42(70(4,5)6)35-50(57)51-36-43(71(7,8)9)28-33-58(51)76/h13-40H,1-12H3. The largest absolute Gasteiger partial charge is 0.456 e. The van der Waals surface area contributed by atoms with Gasteiger partial charge in [-0.05, 0) is 128 Å². The summed E-state index contributed by atoms with van der Waals surface area (Å²) in [6.07, 6.45) is 0. The van der Waals surface area contributed by atoms with E-state index in [1.165, 1.54) is 64.3 Å². The first-order valence-electron chi connectivity index (χ1n) is 28.1. The van der Waals surface area contributed by atoms with Crippen molar-refractivity contribution in [1.29, 1.82) is 0 Å². The van der Waals surface area contributed by atoms with Crippen LogP contribution in [0.25, 0.3) is 87.0 Å². The van der Waals surface area contributed by atoms with Crippen LogP contribution in [-0.4, -0.2) is 15.8 Å². The topological polar surface area (TPSA) is 35.5 Å². The second-order valence-electron chi connectivity index (χ2n) is 26.6. The lowest BCUT2D eigenvalue weighted by Crippen LogP contribution is -2.58. The lowest BCUT2D eigenvalue weighted by molar-refractivity contribution is 0.484. The fourth-order valence-electron chi connectivity index (χ4n) is 13.1. The van der Waals surface area contributed by atoms with Gasteiger partial charge in [0.15, 0.2) is 11.3 Å². The molecule has 4 aromatic heterocycles. The predicted molar refractivity (Wildman–Crippen MR) is 338 cm³/mol. The first kappa shape index (κ1) is 48.2. The summed E-state index contributed by atoms with van der Waals surface area (Å²) in [6.45, 7) is 27.5. The Balaban J connectivity index is 1.11. The number of anilines is 3. The molecule has 79 heavy (non-hydrogen) atoms. The van der Waals surface area contributed by atoms with E-state index in [4.69, 9.17) is 9.15 Å². The van der Waals surface area contributed by atoms with Gasteiger partial charge in [0.05, 0.1) is 33.4 Å². The van der Waals surface area contributed by atoms with Crippen LogP contribution in [0.4, 0.5) is 17.1 Å². The highest BCUT2D eigenvalue weighted by atomic mass is 32.1. The molecule has 0 spiro atoms. The maximum atomic E-state index is 7.98. The van der Waals surface area contributed by atoms with Crippen molar-refractivity contribution in [3.05, 3.63) is 192 Å². The van der Waals surface area contributed by atoms with Crippen LogP contribution in [-0.2, 0) is 21.7 Å². The fraction of sp³-hybridized carbons (Fsp3) is 0.222. The summed E-state index contributed by atoms with van der Waals surface area (Å²) in [6, 6.07) is 64.2. The Morgan fingerprint density at radius 3 is 1.53 bits per heavy atom. The van der Waals surface area contributed by atoms with Crippen LogP contribution in [0, 0.1) is 0 Å². The van der Waals surface area contributed by atoms with Gasteiger partial charge in [-0.25, -0.2) is 0 Å². The number of benzene rings is 9. The second kappa shape index (κ2) is 16.3. The average Bonchev–Trinajstić information content (AvgIpc) is 3.07. The first-order valence-corrected chi connectivity index (χ1v) is 28.9. The number of rotatable bonds is 3. The van der Waals surface area contributed by atoms with Crippen molar-refractivity contribution in [3.63, 3.8) is 0 Å². The molecule has 0 fully saturated rings. The van der Waals surface area contributed by atoms with Gasteiger partial charge in [0.25, 0.3) is 6.71 Å². The summed E-state index contributed by atoms with van der Waals surface area (Å²) in [4.78, 5) is 2.58. The molecule has 6 heterocycles. The summed E-state index contributed by atoms with van der Waals surface area (Å²) < 4.78 is 22.7. The van der Waals surface area contributed by atoms with Gasteiger partial charge < -0.3 is 23.2 Å². The summed E-state index contributed by atoms with van der Waals surface area (Å²) in [7, 11) is 0. The Morgan fingerprint density at radius 1 is 0.418 bits per heavy atom. The number of thiophene rings is 1. The molecule has 2 aliphatic rings. The number of ether oxygens (including phenoxy) is 1. The van der Waals surface area contributed by atoms with Gasteiger partial charge in [0.1, 0.15) is 17.0 Å². The molecule has 7 heteroatoms. The fourth-order valence-corrected chi connectivity index (χ4v) is 14.4. The van der Waals surface area contributed by atoms with Gasteiger partial charge in [-0.1, -0.05) is 174 Å². The quantitative estimate of drug-likeness (QED) is 0.165. The van der Waals surface area contributed by atoms with Gasteiger partial charge in [-0.3, -0.25) is 0 Å². The molecule has 0 saturated heterocycles. The SMILES string of the molecule is CC(C)(C)c1ccc(N2c3cc(-n4c5ccccc5c5ccccc54)cc4c3B(c3cc5c(oc6ccccc65)c(-n5c6ccc(C(C)(C)C)cc6c6cc(C(C)(C)C)ccc65)c3O4)c3sc4ccc(C(C)(C)C)cc4c32)cc1. The minimum Gasteiger partial charge on any atom is -0.456 e. The highest BCUT2D eigenvalue weighted by Crippen LogP contribution is 2.52. The third kappa shape index (κ3) is 7.07. The number of para-hydroxylation sites is 3. The number of furan rings is 1. The number of aromatic nitrogens is 2. The molecule has 0 atom stereocenters. The number of nitrogens with zero attached hydrogens (tertiary/aromatic N) is 3. The van der Waals surface area contributed by atoms with Crippen molar-refractivity contribution < 1.29 is 9.15 Å². The summed E-state index contributed by atoms with van der Waals surface area (Å²) >= 11 is 1.93. The van der Waals surface area contributed by atoms with E-state index in [9.17, 15) is 0 Å². The Bertz CT molecular complexity index is 4620. The maximum absolute atomic E-state index is 7.98. The van der Waals surface area contributed by atoms with Gasteiger partial charge in [0.2, 0.25) is 0 Å². The zero-order valence-corrected chi connectivity index (χ0v) is 48.1. The summed E-state index contributed by atoms with van der Waals surface area (Å²) in [5.74, 6) is 1.65. The van der Waals surface area contributed by atoms with E-state index in [2.05, 4.69) is 267 Å². The predicted octanol–water partition coefficient (Wildman–Crippen LogP) is 18.6. The van der Waals surface area contributed by atoms with Crippen molar-refractivity contribution in [2.24, 2.45) is 0 Å². The minimum absolute atomic E-state index is 0.0129. The molecule has 0 radical (unpaired) electrons. The van der Waals surface area contributed by atoms with E-state index in [0.29, 0.717) is 0 Å². The van der Waals surface area contributed by atoms with Crippen molar-refractivity contribution in [2.75, 3.05) is 4.90 Å². The molecular formula is C72H64BN3O2S. The third-order valence-corrected chi connectivity index (χ3v) is 18.6. The van der Waals surface area contributed by atoms with Crippen LogP contribution in [0.2, 0.25) is 0 Å². The highest BCUT2D eigenvalue weighted by molar-refractivity contribution is 7.33. The van der Waals surface area contributed by atoms with E-state index in [1.54, 1.807) is 0 Å². The van der Waals surface area contributed by atoms with Gasteiger partial charge in [-0.15, -0.1) is 11.3 Å². The molecule has 0 saturated carbocycles. The van der Waals surface area contributed by atoms with E-state index in [1.807, 2.05) is 11.3 Å². The number of hydrogen-bond acceptors (Lipinski definition) is 4. The summed E-state index contributed by atoms with van der Waals surface area (Å²) in [5, 5.41) is 8.29. The highest BCUT2D eigenvalue weighted by Gasteiger charge is 2.47. The smallest absolute Gasteiger partial charge is 0.269 e. The molecule has 0 unspecified atom stereocenters. The monoisotopic (exact) mass is 1050 g/mol. The molecule has 13 aromatic rings. The minimum atomic E-state index is -0.193. The first-order chi connectivity index (χ1) is 37.7. The molecule has 15 rings (SSSR count). The Labute approximate surface area is 466 Å². The van der Waals surface area contributed by atoms with Gasteiger partial charge in [0, 0.05) is 64.6 Å². The molecule has 0 amide bonds. The van der Waals surface area contributed by atoms with E-state index >= 15 is 0 Å². The lowest BCUT2D eigenvalue weighted by atomic mass is 9.36. The zero-order chi connectivity index (χ0) is 54.4. The van der Waals surface area contributed by atoms with Crippen LogP contribution in [0.3, 0.4) is 0 Å². The van der Waals surface area contributed by atoms with E-state index < -0.39 is 0 Å².